The van der Waals surface area contributed by atoms with Crippen LogP contribution in [0.25, 0.3) is 0 Å². The molecule has 0 amide bonds. The fraction of sp³-hybridized carbons (Fsp3) is 0.833. The first-order valence-electron chi connectivity index (χ1n) is 5.86. The van der Waals surface area contributed by atoms with Crippen LogP contribution in [0.1, 0.15) is 27.2 Å². The number of nitrogens with one attached hydrogen (secondary N) is 1. The average molecular weight is 243 g/mol. The van der Waals surface area contributed by atoms with Crippen molar-refractivity contribution in [2.24, 2.45) is 11.8 Å². The van der Waals surface area contributed by atoms with Gasteiger partial charge in [0, 0.05) is 6.54 Å². The van der Waals surface area contributed by atoms with Crippen molar-refractivity contribution in [3.63, 3.8) is 0 Å². The van der Waals surface area contributed by atoms with Crippen molar-refractivity contribution in [2.45, 2.75) is 32.8 Å². The van der Waals surface area contributed by atoms with E-state index in [-0.39, 0.29) is 11.9 Å². The van der Waals surface area contributed by atoms with Crippen molar-refractivity contribution in [2.75, 3.05) is 20.2 Å². The van der Waals surface area contributed by atoms with Gasteiger partial charge in [-0.2, -0.15) is 0 Å². The highest BCUT2D eigenvalue weighted by Crippen LogP contribution is 2.24. The van der Waals surface area contributed by atoms with Gasteiger partial charge >= 0.3 is 11.9 Å². The van der Waals surface area contributed by atoms with Gasteiger partial charge in [-0.3, -0.25) is 9.59 Å². The summed E-state index contributed by atoms with van der Waals surface area (Å²) in [7, 11) is 1.34. The first-order chi connectivity index (χ1) is 7.85. The molecule has 1 N–H and O–H groups in total. The molecule has 0 bridgehead atoms. The first kappa shape index (κ1) is 14.0. The Hall–Kier alpha value is -1.10. The molecule has 1 aliphatic heterocycles. The minimum atomic E-state index is -0.525. The number of methoxy groups -OCH3 is 1. The van der Waals surface area contributed by atoms with Gasteiger partial charge in [-0.1, -0.05) is 0 Å². The fourth-order valence-corrected chi connectivity index (χ4v) is 1.92. The molecule has 0 aromatic rings. The summed E-state index contributed by atoms with van der Waals surface area (Å²) in [5.41, 5.74) is -0.525. The molecule has 1 rings (SSSR count). The normalized spacial score (nSPS) is 25.2. The number of esters is 2. The first-order valence-corrected chi connectivity index (χ1v) is 5.86. The highest BCUT2D eigenvalue weighted by molar-refractivity contribution is 5.82. The van der Waals surface area contributed by atoms with E-state index in [1.807, 2.05) is 20.8 Å². The smallest absolute Gasteiger partial charge is 0.310 e. The maximum Gasteiger partial charge on any atom is 0.310 e. The Morgan fingerprint density at radius 3 is 2.35 bits per heavy atom. The van der Waals surface area contributed by atoms with E-state index >= 15 is 0 Å². The molecule has 0 aromatic heterocycles. The van der Waals surface area contributed by atoms with Crippen LogP contribution >= 0.6 is 0 Å². The van der Waals surface area contributed by atoms with Crippen molar-refractivity contribution >= 4 is 11.9 Å². The molecule has 5 heteroatoms. The third-order valence-corrected chi connectivity index (χ3v) is 2.70. The third-order valence-electron chi connectivity index (χ3n) is 2.70. The molecule has 2 atom stereocenters. The molecule has 0 radical (unpaired) electrons. The van der Waals surface area contributed by atoms with E-state index in [4.69, 9.17) is 9.47 Å². The molecule has 0 aromatic carbocycles. The number of hydrogen-bond acceptors (Lipinski definition) is 5. The lowest BCUT2D eigenvalue weighted by Gasteiger charge is -2.31. The van der Waals surface area contributed by atoms with Crippen molar-refractivity contribution in [1.82, 2.24) is 5.32 Å². The van der Waals surface area contributed by atoms with Gasteiger partial charge in [-0.15, -0.1) is 0 Å². The summed E-state index contributed by atoms with van der Waals surface area (Å²) in [5.74, 6) is -1.51. The van der Waals surface area contributed by atoms with Crippen molar-refractivity contribution in [3.8, 4) is 0 Å². The monoisotopic (exact) mass is 243 g/mol. The lowest BCUT2D eigenvalue weighted by atomic mass is 9.86. The molecule has 1 saturated heterocycles. The van der Waals surface area contributed by atoms with Crippen LogP contribution in [-0.2, 0) is 19.1 Å². The van der Waals surface area contributed by atoms with Gasteiger partial charge in [0.05, 0.1) is 18.9 Å². The second-order valence-electron chi connectivity index (χ2n) is 5.26. The standard InChI is InChI=1S/C12H21NO4/c1-12(2,3)17-11(15)8-5-6-13-7-9(8)10(14)16-4/h8-9,13H,5-7H2,1-4H3/t8-,9-/m0/s1. The molecular formula is C12H21NO4. The summed E-state index contributed by atoms with van der Waals surface area (Å²) in [6, 6.07) is 0. The van der Waals surface area contributed by atoms with Crippen molar-refractivity contribution in [1.29, 1.82) is 0 Å². The van der Waals surface area contributed by atoms with Gasteiger partial charge in [-0.25, -0.2) is 0 Å². The van der Waals surface area contributed by atoms with Gasteiger partial charge in [-0.05, 0) is 33.7 Å². The number of rotatable bonds is 2. The number of carbonyl (C=O) groups is 2. The molecule has 1 fully saturated rings. The molecule has 5 nitrogen and oxygen atoms in total. The Morgan fingerprint density at radius 1 is 1.18 bits per heavy atom. The zero-order valence-corrected chi connectivity index (χ0v) is 10.9. The Balaban J connectivity index is 2.71. The maximum absolute atomic E-state index is 12.0. The van der Waals surface area contributed by atoms with Gasteiger partial charge in [0.1, 0.15) is 5.60 Å². The summed E-state index contributed by atoms with van der Waals surface area (Å²) in [5, 5.41) is 3.09. The number of hydrogen-bond donors (Lipinski definition) is 1. The van der Waals surface area contributed by atoms with Crippen LogP contribution in [0.5, 0.6) is 0 Å². The van der Waals surface area contributed by atoms with Crippen LogP contribution in [0.3, 0.4) is 0 Å². The highest BCUT2D eigenvalue weighted by atomic mass is 16.6. The molecule has 0 aliphatic carbocycles. The molecule has 1 aliphatic rings. The Kier molecular flexibility index (Phi) is 4.51. The summed E-state index contributed by atoms with van der Waals surface area (Å²) in [4.78, 5) is 23.6. The van der Waals surface area contributed by atoms with E-state index < -0.39 is 17.4 Å². The number of carbonyl (C=O) groups excluding carboxylic acids is 2. The van der Waals surface area contributed by atoms with Crippen LogP contribution in [0.4, 0.5) is 0 Å². The summed E-state index contributed by atoms with van der Waals surface area (Å²) >= 11 is 0. The zero-order valence-electron chi connectivity index (χ0n) is 10.9. The molecule has 98 valence electrons. The lowest BCUT2D eigenvalue weighted by molar-refractivity contribution is -0.168. The van der Waals surface area contributed by atoms with E-state index in [0.29, 0.717) is 13.0 Å². The third kappa shape index (κ3) is 4.00. The lowest BCUT2D eigenvalue weighted by Crippen LogP contribution is -2.46. The number of piperidine rings is 1. The Labute approximate surface area is 102 Å². The SMILES string of the molecule is COC(=O)[C@H]1CNCC[C@@H]1C(=O)OC(C)(C)C. The maximum atomic E-state index is 12.0. The quantitative estimate of drug-likeness (QED) is 0.724. The Morgan fingerprint density at radius 2 is 1.82 bits per heavy atom. The fourth-order valence-electron chi connectivity index (χ4n) is 1.92. The van der Waals surface area contributed by atoms with Gasteiger partial charge in [0.2, 0.25) is 0 Å². The molecule has 0 saturated carbocycles. The van der Waals surface area contributed by atoms with Crippen molar-refractivity contribution < 1.29 is 19.1 Å². The summed E-state index contributed by atoms with van der Waals surface area (Å²) < 4.78 is 10.0. The number of ether oxygens (including phenoxy) is 2. The topological polar surface area (TPSA) is 64.6 Å². The second-order valence-corrected chi connectivity index (χ2v) is 5.26. The van der Waals surface area contributed by atoms with E-state index in [0.717, 1.165) is 6.54 Å². The molecule has 17 heavy (non-hydrogen) atoms. The van der Waals surface area contributed by atoms with Gasteiger partial charge < -0.3 is 14.8 Å². The molecule has 0 spiro atoms. The molecule has 1 heterocycles. The average Bonchev–Trinajstić information content (AvgIpc) is 2.25. The highest BCUT2D eigenvalue weighted by Gasteiger charge is 2.38. The predicted octanol–water partition coefficient (Wildman–Crippen LogP) is 0.727. The van der Waals surface area contributed by atoms with E-state index in [2.05, 4.69) is 5.32 Å². The van der Waals surface area contributed by atoms with E-state index in [9.17, 15) is 9.59 Å². The van der Waals surface area contributed by atoms with Crippen LogP contribution in [0.15, 0.2) is 0 Å². The van der Waals surface area contributed by atoms with Crippen LogP contribution in [-0.4, -0.2) is 37.7 Å². The second kappa shape index (κ2) is 5.49. The van der Waals surface area contributed by atoms with Crippen LogP contribution in [0, 0.1) is 11.8 Å². The van der Waals surface area contributed by atoms with Crippen LogP contribution < -0.4 is 5.32 Å². The minimum absolute atomic E-state index is 0.311. The minimum Gasteiger partial charge on any atom is -0.469 e. The molecule has 0 unspecified atom stereocenters. The van der Waals surface area contributed by atoms with E-state index in [1.165, 1.54) is 7.11 Å². The summed E-state index contributed by atoms with van der Waals surface area (Å²) in [6.45, 7) is 6.64. The molecular weight excluding hydrogens is 222 g/mol. The van der Waals surface area contributed by atoms with Crippen molar-refractivity contribution in [3.05, 3.63) is 0 Å². The predicted molar refractivity (Wildman–Crippen MR) is 62.3 cm³/mol. The largest absolute Gasteiger partial charge is 0.469 e. The van der Waals surface area contributed by atoms with Gasteiger partial charge in [0.25, 0.3) is 0 Å². The van der Waals surface area contributed by atoms with Crippen LogP contribution in [0.2, 0.25) is 0 Å². The summed E-state index contributed by atoms with van der Waals surface area (Å²) in [6.07, 6.45) is 0.606. The zero-order chi connectivity index (χ0) is 13.1. The Bertz CT molecular complexity index is 295. The van der Waals surface area contributed by atoms with E-state index in [1.54, 1.807) is 0 Å². The van der Waals surface area contributed by atoms with Gasteiger partial charge in [0.15, 0.2) is 0 Å².